The fraction of sp³-hybridized carbons (Fsp3) is 0.455. The van der Waals surface area contributed by atoms with Gasteiger partial charge in [0.2, 0.25) is 0 Å². The van der Waals surface area contributed by atoms with Gasteiger partial charge in [0.15, 0.2) is 12.1 Å². The van der Waals surface area contributed by atoms with Crippen molar-refractivity contribution in [2.75, 3.05) is 13.2 Å². The fourth-order valence-corrected chi connectivity index (χ4v) is 2.57. The summed E-state index contributed by atoms with van der Waals surface area (Å²) < 4.78 is 16.9. The first kappa shape index (κ1) is 11.6. The number of hydrogen-bond donors (Lipinski definition) is 0. The highest BCUT2D eigenvalue weighted by molar-refractivity contribution is 7.13. The molecule has 0 unspecified atom stereocenters. The molecule has 2 aromatic heterocycles. The highest BCUT2D eigenvalue weighted by Gasteiger charge is 2.19. The average Bonchev–Trinajstić information content (AvgIpc) is 3.08. The van der Waals surface area contributed by atoms with E-state index in [-0.39, 0.29) is 6.29 Å². The molecule has 0 amide bonds. The van der Waals surface area contributed by atoms with E-state index in [4.69, 9.17) is 14.0 Å². The topological polar surface area (TPSA) is 66.5 Å². The number of thiophene rings is 1. The van der Waals surface area contributed by atoms with Gasteiger partial charge in [-0.3, -0.25) is 9.09 Å². The molecule has 18 heavy (non-hydrogen) atoms. The summed E-state index contributed by atoms with van der Waals surface area (Å²) >= 11 is 1.52. The Morgan fingerprint density at radius 2 is 2.28 bits per heavy atom. The molecule has 0 aliphatic carbocycles. The van der Waals surface area contributed by atoms with Crippen LogP contribution in [0, 0.1) is 0 Å². The molecule has 0 saturated carbocycles. The lowest BCUT2D eigenvalue weighted by Crippen LogP contribution is -2.19. The molecule has 3 rings (SSSR count). The molecule has 6 nitrogen and oxygen atoms in total. The van der Waals surface area contributed by atoms with Gasteiger partial charge in [-0.25, -0.2) is 4.79 Å². The van der Waals surface area contributed by atoms with Gasteiger partial charge in [0.25, 0.3) is 0 Å². The molecule has 1 aliphatic heterocycles. The lowest BCUT2D eigenvalue weighted by Gasteiger charge is -2.08. The number of rotatable bonds is 4. The lowest BCUT2D eigenvalue weighted by molar-refractivity contribution is -0.0492. The molecule has 0 N–H and O–H groups in total. The van der Waals surface area contributed by atoms with Crippen LogP contribution in [0.1, 0.15) is 6.42 Å². The van der Waals surface area contributed by atoms with Gasteiger partial charge in [-0.15, -0.1) is 11.3 Å². The van der Waals surface area contributed by atoms with E-state index in [1.54, 1.807) is 0 Å². The molecule has 7 heteroatoms. The number of nitrogens with zero attached hydrogens (tertiary/aromatic N) is 2. The highest BCUT2D eigenvalue weighted by Crippen LogP contribution is 2.22. The van der Waals surface area contributed by atoms with E-state index >= 15 is 0 Å². The summed E-state index contributed by atoms with van der Waals surface area (Å²) in [6, 6.07) is 3.81. The van der Waals surface area contributed by atoms with E-state index in [0.717, 1.165) is 4.88 Å². The molecule has 96 valence electrons. The first-order valence-electron chi connectivity index (χ1n) is 5.68. The molecule has 2 aromatic rings. The molecular weight excluding hydrogens is 256 g/mol. The first-order valence-corrected chi connectivity index (χ1v) is 6.56. The van der Waals surface area contributed by atoms with Crippen molar-refractivity contribution in [2.45, 2.75) is 19.3 Å². The Bertz CT molecular complexity index is 554. The van der Waals surface area contributed by atoms with Crippen molar-refractivity contribution in [3.05, 3.63) is 28.1 Å². The van der Waals surface area contributed by atoms with Gasteiger partial charge >= 0.3 is 5.76 Å². The van der Waals surface area contributed by atoms with Crippen LogP contribution >= 0.6 is 11.3 Å². The third-order valence-electron chi connectivity index (χ3n) is 2.71. The van der Waals surface area contributed by atoms with Gasteiger partial charge in [-0.05, 0) is 11.4 Å². The van der Waals surface area contributed by atoms with Gasteiger partial charge in [0.05, 0.1) is 18.1 Å². The summed E-state index contributed by atoms with van der Waals surface area (Å²) in [5.74, 6) is 0.115. The summed E-state index contributed by atoms with van der Waals surface area (Å²) in [4.78, 5) is 12.5. The maximum Gasteiger partial charge on any atom is 0.441 e. The quantitative estimate of drug-likeness (QED) is 0.836. The third kappa shape index (κ3) is 2.24. The molecule has 0 radical (unpaired) electrons. The number of aromatic nitrogens is 2. The third-order valence-corrected chi connectivity index (χ3v) is 3.57. The van der Waals surface area contributed by atoms with Crippen molar-refractivity contribution in [2.24, 2.45) is 0 Å². The molecule has 0 atom stereocenters. The second-order valence-electron chi connectivity index (χ2n) is 3.86. The summed E-state index contributed by atoms with van der Waals surface area (Å²) in [5.41, 5.74) is 0. The molecule has 0 bridgehead atoms. The van der Waals surface area contributed by atoms with Gasteiger partial charge in [0, 0.05) is 13.0 Å². The Balaban J connectivity index is 1.78. The molecule has 1 fully saturated rings. The normalized spacial score (nSPS) is 16.4. The molecular formula is C11H12N2O4S. The maximum absolute atomic E-state index is 11.6. The van der Waals surface area contributed by atoms with Crippen LogP contribution in [0.15, 0.2) is 26.8 Å². The predicted octanol–water partition coefficient (Wildman–Crippen LogP) is 1.33. The van der Waals surface area contributed by atoms with Crippen LogP contribution in [0.25, 0.3) is 10.7 Å². The predicted molar refractivity (Wildman–Crippen MR) is 64.4 cm³/mol. The second-order valence-corrected chi connectivity index (χ2v) is 4.81. The monoisotopic (exact) mass is 268 g/mol. The van der Waals surface area contributed by atoms with Gasteiger partial charge in [-0.1, -0.05) is 11.2 Å². The Morgan fingerprint density at radius 3 is 3.00 bits per heavy atom. The molecule has 3 heterocycles. The SMILES string of the molecule is O=c1onc(-c2cccs2)n1CCC1OCCO1. The minimum absolute atomic E-state index is 0.233. The zero-order chi connectivity index (χ0) is 12.4. The summed E-state index contributed by atoms with van der Waals surface area (Å²) in [7, 11) is 0. The van der Waals surface area contributed by atoms with E-state index in [2.05, 4.69) is 5.16 Å². The number of hydrogen-bond acceptors (Lipinski definition) is 6. The zero-order valence-corrected chi connectivity index (χ0v) is 10.4. The standard InChI is InChI=1S/C11H12N2O4S/c14-11-13(4-3-9-15-5-6-16-9)10(12-17-11)8-2-1-7-18-8/h1-2,7,9H,3-6H2. The Hall–Kier alpha value is -1.44. The molecule has 1 saturated heterocycles. The zero-order valence-electron chi connectivity index (χ0n) is 9.57. The second kappa shape index (κ2) is 5.05. The lowest BCUT2D eigenvalue weighted by atomic mass is 10.4. The van der Waals surface area contributed by atoms with E-state index in [1.165, 1.54) is 15.9 Å². The van der Waals surface area contributed by atoms with Crippen molar-refractivity contribution in [1.29, 1.82) is 0 Å². The van der Waals surface area contributed by atoms with Crippen LogP contribution in [-0.2, 0) is 16.0 Å². The Kier molecular flexibility index (Phi) is 3.26. The molecule has 0 spiro atoms. The number of ether oxygens (including phenoxy) is 2. The van der Waals surface area contributed by atoms with Crippen molar-refractivity contribution < 1.29 is 14.0 Å². The van der Waals surface area contributed by atoms with Gasteiger partial charge < -0.3 is 9.47 Å². The Labute approximate surface area is 107 Å². The van der Waals surface area contributed by atoms with Gasteiger partial charge in [-0.2, -0.15) is 0 Å². The van der Waals surface area contributed by atoms with Crippen LogP contribution in [0.3, 0.4) is 0 Å². The van der Waals surface area contributed by atoms with Gasteiger partial charge in [0.1, 0.15) is 0 Å². The summed E-state index contributed by atoms with van der Waals surface area (Å²) in [5, 5.41) is 5.74. The van der Waals surface area contributed by atoms with Crippen molar-refractivity contribution >= 4 is 11.3 Å². The maximum atomic E-state index is 11.6. The fourth-order valence-electron chi connectivity index (χ4n) is 1.86. The minimum Gasteiger partial charge on any atom is -0.350 e. The first-order chi connectivity index (χ1) is 8.84. The van der Waals surface area contributed by atoms with E-state index in [9.17, 15) is 4.79 Å². The van der Waals surface area contributed by atoms with Crippen LogP contribution in [-0.4, -0.2) is 29.2 Å². The van der Waals surface area contributed by atoms with Crippen LogP contribution in [0.4, 0.5) is 0 Å². The average molecular weight is 268 g/mol. The van der Waals surface area contributed by atoms with Crippen molar-refractivity contribution in [3.8, 4) is 10.7 Å². The van der Waals surface area contributed by atoms with Crippen LogP contribution < -0.4 is 5.76 Å². The summed E-state index contributed by atoms with van der Waals surface area (Å²) in [6.45, 7) is 1.70. The van der Waals surface area contributed by atoms with Crippen molar-refractivity contribution in [3.63, 3.8) is 0 Å². The van der Waals surface area contributed by atoms with E-state index in [1.807, 2.05) is 17.5 Å². The van der Waals surface area contributed by atoms with Crippen LogP contribution in [0.2, 0.25) is 0 Å². The van der Waals surface area contributed by atoms with Crippen molar-refractivity contribution in [1.82, 2.24) is 9.72 Å². The highest BCUT2D eigenvalue weighted by atomic mass is 32.1. The van der Waals surface area contributed by atoms with Crippen LogP contribution in [0.5, 0.6) is 0 Å². The van der Waals surface area contributed by atoms with E-state index < -0.39 is 5.76 Å². The molecule has 0 aromatic carbocycles. The molecule has 1 aliphatic rings. The minimum atomic E-state index is -0.448. The van der Waals surface area contributed by atoms with E-state index in [0.29, 0.717) is 32.0 Å². The largest absolute Gasteiger partial charge is 0.441 e. The summed E-state index contributed by atoms with van der Waals surface area (Å²) in [6.07, 6.45) is 0.377. The smallest absolute Gasteiger partial charge is 0.350 e. The Morgan fingerprint density at radius 1 is 1.44 bits per heavy atom.